The van der Waals surface area contributed by atoms with Crippen LogP contribution in [0.4, 0.5) is 4.39 Å². The van der Waals surface area contributed by atoms with Crippen molar-refractivity contribution < 1.29 is 9.13 Å². The van der Waals surface area contributed by atoms with E-state index in [0.29, 0.717) is 5.76 Å². The summed E-state index contributed by atoms with van der Waals surface area (Å²) >= 11 is 0. The number of rotatable bonds is 4. The Morgan fingerprint density at radius 3 is 2.75 bits per heavy atom. The molecule has 1 rings (SSSR count). The molecule has 0 N–H and O–H groups in total. The minimum atomic E-state index is -0.355. The molecule has 0 aliphatic rings. The van der Waals surface area contributed by atoms with E-state index < -0.39 is 0 Å². The Bertz CT molecular complexity index is 430. The standard InChI is InChI=1S/C14H15FO/c1-4-6-7-12(5-2)16-14-9-8-11(3)10-13(14)15/h4-10H,1H2,2-3H3/b7-6-,12-5+. The number of allylic oxidation sites excluding steroid dienone is 4. The number of aryl methyl sites for hydroxylation is 1. The fourth-order valence-electron chi connectivity index (χ4n) is 1.17. The molecule has 0 aliphatic carbocycles. The zero-order valence-corrected chi connectivity index (χ0v) is 9.53. The molecular weight excluding hydrogens is 203 g/mol. The summed E-state index contributed by atoms with van der Waals surface area (Å²) in [6.07, 6.45) is 6.87. The molecule has 0 fully saturated rings. The van der Waals surface area contributed by atoms with Crippen LogP contribution in [0.3, 0.4) is 0 Å². The highest BCUT2D eigenvalue weighted by molar-refractivity contribution is 5.31. The second kappa shape index (κ2) is 5.91. The van der Waals surface area contributed by atoms with Gasteiger partial charge in [-0.25, -0.2) is 4.39 Å². The van der Waals surface area contributed by atoms with E-state index in [1.54, 1.807) is 30.4 Å². The van der Waals surface area contributed by atoms with Crippen molar-refractivity contribution in [2.75, 3.05) is 0 Å². The molecule has 1 aromatic rings. The molecule has 0 amide bonds. The lowest BCUT2D eigenvalue weighted by Crippen LogP contribution is -1.94. The van der Waals surface area contributed by atoms with Gasteiger partial charge in [-0.2, -0.15) is 0 Å². The Kier molecular flexibility index (Phi) is 4.52. The van der Waals surface area contributed by atoms with E-state index in [2.05, 4.69) is 6.58 Å². The lowest BCUT2D eigenvalue weighted by molar-refractivity contribution is 0.411. The molecule has 84 valence electrons. The predicted octanol–water partition coefficient (Wildman–Crippen LogP) is 4.16. The maximum atomic E-state index is 13.5. The summed E-state index contributed by atoms with van der Waals surface area (Å²) in [5.74, 6) is 0.460. The Morgan fingerprint density at radius 1 is 1.44 bits per heavy atom. The van der Waals surface area contributed by atoms with Gasteiger partial charge >= 0.3 is 0 Å². The summed E-state index contributed by atoms with van der Waals surface area (Å²) in [4.78, 5) is 0. The first-order valence-electron chi connectivity index (χ1n) is 5.06. The van der Waals surface area contributed by atoms with Crippen LogP contribution in [0.1, 0.15) is 12.5 Å². The largest absolute Gasteiger partial charge is 0.455 e. The molecule has 0 spiro atoms. The van der Waals surface area contributed by atoms with E-state index in [-0.39, 0.29) is 11.6 Å². The van der Waals surface area contributed by atoms with Crippen LogP contribution in [-0.2, 0) is 0 Å². The monoisotopic (exact) mass is 218 g/mol. The Morgan fingerprint density at radius 2 is 2.19 bits per heavy atom. The smallest absolute Gasteiger partial charge is 0.165 e. The summed E-state index contributed by atoms with van der Waals surface area (Å²) in [7, 11) is 0. The van der Waals surface area contributed by atoms with Crippen LogP contribution in [0.5, 0.6) is 5.75 Å². The van der Waals surface area contributed by atoms with E-state index in [1.807, 2.05) is 19.9 Å². The van der Waals surface area contributed by atoms with Crippen LogP contribution >= 0.6 is 0 Å². The van der Waals surface area contributed by atoms with Crippen LogP contribution in [0.2, 0.25) is 0 Å². The summed E-state index contributed by atoms with van der Waals surface area (Å²) in [6, 6.07) is 4.87. The second-order valence-corrected chi connectivity index (χ2v) is 3.32. The van der Waals surface area contributed by atoms with Gasteiger partial charge in [0.15, 0.2) is 11.6 Å². The zero-order valence-electron chi connectivity index (χ0n) is 9.53. The third kappa shape index (κ3) is 3.39. The van der Waals surface area contributed by atoms with Gasteiger partial charge in [0.1, 0.15) is 5.76 Å². The summed E-state index contributed by atoms with van der Waals surface area (Å²) in [5.41, 5.74) is 0.869. The molecule has 0 atom stereocenters. The molecule has 1 aromatic carbocycles. The summed E-state index contributed by atoms with van der Waals surface area (Å²) < 4.78 is 18.9. The molecule has 0 radical (unpaired) electrons. The molecule has 0 saturated carbocycles. The van der Waals surface area contributed by atoms with Gasteiger partial charge in [0.05, 0.1) is 0 Å². The molecule has 0 heterocycles. The minimum absolute atomic E-state index is 0.229. The van der Waals surface area contributed by atoms with E-state index in [4.69, 9.17) is 4.74 Å². The van der Waals surface area contributed by atoms with Gasteiger partial charge in [-0.3, -0.25) is 0 Å². The van der Waals surface area contributed by atoms with Crippen molar-refractivity contribution in [2.45, 2.75) is 13.8 Å². The topological polar surface area (TPSA) is 9.23 Å². The first-order valence-corrected chi connectivity index (χ1v) is 5.06. The van der Waals surface area contributed by atoms with E-state index in [0.717, 1.165) is 5.56 Å². The van der Waals surface area contributed by atoms with Crippen molar-refractivity contribution in [1.82, 2.24) is 0 Å². The maximum Gasteiger partial charge on any atom is 0.165 e. The average Bonchev–Trinajstić information content (AvgIpc) is 2.27. The lowest BCUT2D eigenvalue weighted by atomic mass is 10.2. The Labute approximate surface area is 95.6 Å². The number of benzene rings is 1. The quantitative estimate of drug-likeness (QED) is 0.544. The van der Waals surface area contributed by atoms with Crippen molar-refractivity contribution in [1.29, 1.82) is 0 Å². The van der Waals surface area contributed by atoms with Gasteiger partial charge in [-0.05, 0) is 43.7 Å². The highest BCUT2D eigenvalue weighted by Gasteiger charge is 2.04. The van der Waals surface area contributed by atoms with Crippen LogP contribution < -0.4 is 4.74 Å². The predicted molar refractivity (Wildman–Crippen MR) is 64.9 cm³/mol. The third-order valence-corrected chi connectivity index (χ3v) is 2.00. The number of halogens is 1. The summed E-state index contributed by atoms with van der Waals surface area (Å²) in [5, 5.41) is 0. The van der Waals surface area contributed by atoms with Gasteiger partial charge in [0.2, 0.25) is 0 Å². The van der Waals surface area contributed by atoms with Gasteiger partial charge in [-0.15, -0.1) is 0 Å². The van der Waals surface area contributed by atoms with Gasteiger partial charge in [0, 0.05) is 0 Å². The highest BCUT2D eigenvalue weighted by Crippen LogP contribution is 2.20. The van der Waals surface area contributed by atoms with Crippen LogP contribution in [0.15, 0.2) is 54.8 Å². The number of hydrogen-bond acceptors (Lipinski definition) is 1. The lowest BCUT2D eigenvalue weighted by Gasteiger charge is -2.07. The number of hydrogen-bond donors (Lipinski definition) is 0. The first kappa shape index (κ1) is 12.2. The zero-order chi connectivity index (χ0) is 12.0. The molecular formula is C14H15FO. The summed E-state index contributed by atoms with van der Waals surface area (Å²) in [6.45, 7) is 7.22. The van der Waals surface area contributed by atoms with Crippen LogP contribution in [-0.4, -0.2) is 0 Å². The highest BCUT2D eigenvalue weighted by atomic mass is 19.1. The molecule has 2 heteroatoms. The van der Waals surface area contributed by atoms with Crippen molar-refractivity contribution in [3.05, 3.63) is 66.2 Å². The van der Waals surface area contributed by atoms with Crippen molar-refractivity contribution in [3.8, 4) is 5.75 Å². The molecule has 0 saturated heterocycles. The van der Waals surface area contributed by atoms with E-state index in [9.17, 15) is 4.39 Å². The fourth-order valence-corrected chi connectivity index (χ4v) is 1.17. The molecule has 0 unspecified atom stereocenters. The fraction of sp³-hybridized carbons (Fsp3) is 0.143. The number of ether oxygens (including phenoxy) is 1. The van der Waals surface area contributed by atoms with E-state index >= 15 is 0 Å². The van der Waals surface area contributed by atoms with E-state index in [1.165, 1.54) is 6.07 Å². The molecule has 1 nitrogen and oxygen atoms in total. The molecule has 0 aromatic heterocycles. The first-order chi connectivity index (χ1) is 7.67. The van der Waals surface area contributed by atoms with Gasteiger partial charge in [0.25, 0.3) is 0 Å². The molecule has 16 heavy (non-hydrogen) atoms. The van der Waals surface area contributed by atoms with Crippen LogP contribution in [0, 0.1) is 12.7 Å². The van der Waals surface area contributed by atoms with Crippen LogP contribution in [0.25, 0.3) is 0 Å². The minimum Gasteiger partial charge on any atom is -0.455 e. The van der Waals surface area contributed by atoms with Gasteiger partial charge in [-0.1, -0.05) is 24.8 Å². The second-order valence-electron chi connectivity index (χ2n) is 3.32. The average molecular weight is 218 g/mol. The molecule has 0 aliphatic heterocycles. The normalized spacial score (nSPS) is 11.8. The van der Waals surface area contributed by atoms with Gasteiger partial charge < -0.3 is 4.74 Å². The van der Waals surface area contributed by atoms with Crippen molar-refractivity contribution >= 4 is 0 Å². The Hall–Kier alpha value is -1.83. The van der Waals surface area contributed by atoms with Crippen molar-refractivity contribution in [3.63, 3.8) is 0 Å². The SMILES string of the molecule is C=C/C=C\C(=C/C)Oc1ccc(C)cc1F. The van der Waals surface area contributed by atoms with Crippen molar-refractivity contribution in [2.24, 2.45) is 0 Å². The molecule has 0 bridgehead atoms. The maximum absolute atomic E-state index is 13.5. The Balaban J connectivity index is 2.86. The third-order valence-electron chi connectivity index (χ3n) is 2.00.